The number of sulfonamides is 1. The van der Waals surface area contributed by atoms with E-state index in [4.69, 9.17) is 9.47 Å². The van der Waals surface area contributed by atoms with Gasteiger partial charge in [-0.25, -0.2) is 12.8 Å². The Morgan fingerprint density at radius 3 is 2.26 bits per heavy atom. The number of nitrogens with one attached hydrogen (secondary N) is 1. The summed E-state index contributed by atoms with van der Waals surface area (Å²) in [6.45, 7) is -0.0257. The Bertz CT molecular complexity index is 1910. The van der Waals surface area contributed by atoms with Crippen molar-refractivity contribution in [3.05, 3.63) is 118 Å². The number of benzene rings is 4. The highest BCUT2D eigenvalue weighted by molar-refractivity contribution is 9.10. The molecule has 1 heterocycles. The molecule has 0 radical (unpaired) electrons. The van der Waals surface area contributed by atoms with Gasteiger partial charge in [0.05, 0.1) is 10.6 Å². The molecule has 4 aromatic rings. The van der Waals surface area contributed by atoms with Crippen LogP contribution in [-0.4, -0.2) is 57.0 Å². The summed E-state index contributed by atoms with van der Waals surface area (Å²) in [6.07, 6.45) is 5.07. The number of amides is 2. The molecule has 1 atom stereocenters. The van der Waals surface area contributed by atoms with E-state index in [1.54, 1.807) is 0 Å². The number of carbonyl (C=O) groups excluding carboxylic acids is 2. The van der Waals surface area contributed by atoms with Crippen LogP contribution in [0.15, 0.2) is 106 Å². The van der Waals surface area contributed by atoms with Crippen molar-refractivity contribution in [1.82, 2.24) is 10.2 Å². The number of fused-ring (bicyclic) bond motifs is 1. The maximum atomic E-state index is 14.7. The Kier molecular flexibility index (Phi) is 11.4. The Morgan fingerprint density at radius 2 is 1.54 bits per heavy atom. The minimum atomic E-state index is -4.42. The van der Waals surface area contributed by atoms with Crippen LogP contribution in [0.25, 0.3) is 0 Å². The Labute approximate surface area is 300 Å². The molecule has 9 nitrogen and oxygen atoms in total. The monoisotopic (exact) mass is 763 g/mol. The van der Waals surface area contributed by atoms with Crippen LogP contribution in [0, 0.1) is 5.82 Å². The fourth-order valence-electron chi connectivity index (χ4n) is 6.38. The fraction of sp³-hybridized carbons (Fsp3) is 0.316. The van der Waals surface area contributed by atoms with Gasteiger partial charge in [0, 0.05) is 29.5 Å². The van der Waals surface area contributed by atoms with E-state index >= 15 is 0 Å². The van der Waals surface area contributed by atoms with E-state index in [0.29, 0.717) is 12.4 Å². The summed E-state index contributed by atoms with van der Waals surface area (Å²) in [5.74, 6) is -0.786. The first-order valence-corrected chi connectivity index (χ1v) is 19.0. The second kappa shape index (κ2) is 16.1. The Morgan fingerprint density at radius 1 is 0.840 bits per heavy atom. The van der Waals surface area contributed by atoms with Crippen molar-refractivity contribution in [3.8, 4) is 11.5 Å². The van der Waals surface area contributed by atoms with Gasteiger partial charge in [0.25, 0.3) is 10.0 Å². The molecule has 262 valence electrons. The van der Waals surface area contributed by atoms with E-state index in [0.717, 1.165) is 64.1 Å². The highest BCUT2D eigenvalue weighted by Crippen LogP contribution is 2.34. The van der Waals surface area contributed by atoms with Gasteiger partial charge in [0.1, 0.15) is 31.6 Å². The number of hydrogen-bond acceptors (Lipinski definition) is 6. The molecule has 2 aliphatic rings. The van der Waals surface area contributed by atoms with Gasteiger partial charge in [-0.05, 0) is 72.5 Å². The van der Waals surface area contributed by atoms with Crippen molar-refractivity contribution < 1.29 is 31.9 Å². The van der Waals surface area contributed by atoms with Crippen LogP contribution >= 0.6 is 15.9 Å². The second-order valence-corrected chi connectivity index (χ2v) is 15.3. The predicted molar refractivity (Wildman–Crippen MR) is 192 cm³/mol. The van der Waals surface area contributed by atoms with E-state index < -0.39 is 34.3 Å². The molecule has 4 aromatic carbocycles. The highest BCUT2D eigenvalue weighted by atomic mass is 79.9. The van der Waals surface area contributed by atoms with Gasteiger partial charge in [-0.15, -0.1) is 0 Å². The second-order valence-electron chi connectivity index (χ2n) is 12.5. The molecule has 1 aliphatic heterocycles. The van der Waals surface area contributed by atoms with Crippen molar-refractivity contribution in [2.24, 2.45) is 0 Å². The van der Waals surface area contributed by atoms with Gasteiger partial charge in [-0.1, -0.05) is 77.7 Å². The molecule has 0 unspecified atom stereocenters. The molecule has 0 bridgehead atoms. The van der Waals surface area contributed by atoms with Gasteiger partial charge in [-0.2, -0.15) is 0 Å². The number of nitrogens with zero attached hydrogens (tertiary/aromatic N) is 2. The van der Waals surface area contributed by atoms with E-state index in [2.05, 4.69) is 21.2 Å². The normalized spacial score (nSPS) is 15.2. The molecule has 1 saturated carbocycles. The zero-order valence-electron chi connectivity index (χ0n) is 27.5. The zero-order chi connectivity index (χ0) is 35.1. The number of hydrogen-bond donors (Lipinski definition) is 1. The van der Waals surface area contributed by atoms with E-state index in [1.807, 2.05) is 54.6 Å². The van der Waals surface area contributed by atoms with E-state index in [-0.39, 0.29) is 47.9 Å². The zero-order valence-corrected chi connectivity index (χ0v) is 29.9. The number of carbonyl (C=O) groups is 2. The third-order valence-electron chi connectivity index (χ3n) is 8.96. The lowest BCUT2D eigenvalue weighted by Gasteiger charge is -2.35. The summed E-state index contributed by atoms with van der Waals surface area (Å²) >= 11 is 3.51. The van der Waals surface area contributed by atoms with Crippen LogP contribution in [-0.2, 0) is 32.6 Å². The lowest BCUT2D eigenvalue weighted by Crippen LogP contribution is -2.55. The molecule has 12 heteroatoms. The van der Waals surface area contributed by atoms with Gasteiger partial charge < -0.3 is 19.7 Å². The van der Waals surface area contributed by atoms with Crippen LogP contribution in [0.5, 0.6) is 11.5 Å². The standard InChI is InChI=1S/C38H39BrFN3O6S/c39-29-11-7-10-28(22-29)25-42(34(23-27-8-3-1-4-9-27)38(45)41-31-12-5-2-6-13-31)37(44)26-43(32-16-14-30(40)15-17-32)50(46,47)33-18-19-35-36(24-33)49-21-20-48-35/h1,3-4,7-11,14-19,22,24,31,34H,2,5-6,12-13,20-21,23,25-26H2,(H,41,45)/t34-/m1/s1. The minimum Gasteiger partial charge on any atom is -0.486 e. The summed E-state index contributed by atoms with van der Waals surface area (Å²) in [4.78, 5) is 30.3. The van der Waals surface area contributed by atoms with Gasteiger partial charge >= 0.3 is 0 Å². The largest absolute Gasteiger partial charge is 0.486 e. The van der Waals surface area contributed by atoms with Crippen LogP contribution < -0.4 is 19.1 Å². The smallest absolute Gasteiger partial charge is 0.264 e. The van der Waals surface area contributed by atoms with Crippen molar-refractivity contribution in [2.75, 3.05) is 24.1 Å². The molecule has 6 rings (SSSR count). The summed E-state index contributed by atoms with van der Waals surface area (Å²) in [6, 6.07) is 25.1. The first-order chi connectivity index (χ1) is 24.2. The first-order valence-electron chi connectivity index (χ1n) is 16.7. The van der Waals surface area contributed by atoms with Gasteiger partial charge in [0.15, 0.2) is 11.5 Å². The SMILES string of the molecule is O=C(NC1CCCCC1)[C@@H](Cc1ccccc1)N(Cc1cccc(Br)c1)C(=O)CN(c1ccc(F)cc1)S(=O)(=O)c1ccc2c(c1)OCCO2. The highest BCUT2D eigenvalue weighted by Gasteiger charge is 2.36. The van der Waals surface area contributed by atoms with Gasteiger partial charge in [0.2, 0.25) is 11.8 Å². The molecule has 50 heavy (non-hydrogen) atoms. The summed E-state index contributed by atoms with van der Waals surface area (Å²) in [7, 11) is -4.42. The maximum absolute atomic E-state index is 14.7. The van der Waals surface area contributed by atoms with E-state index in [9.17, 15) is 22.4 Å². The van der Waals surface area contributed by atoms with Gasteiger partial charge in [-0.3, -0.25) is 13.9 Å². The average molecular weight is 765 g/mol. The molecular weight excluding hydrogens is 725 g/mol. The number of anilines is 1. The van der Waals surface area contributed by atoms with Crippen LogP contribution in [0.4, 0.5) is 10.1 Å². The first kappa shape index (κ1) is 35.4. The molecule has 0 spiro atoms. The Hall–Kier alpha value is -4.42. The summed E-state index contributed by atoms with van der Waals surface area (Å²) < 4.78 is 55.9. The minimum absolute atomic E-state index is 0.0105. The van der Waals surface area contributed by atoms with Crippen molar-refractivity contribution in [3.63, 3.8) is 0 Å². The molecule has 2 amide bonds. The fourth-order valence-corrected chi connectivity index (χ4v) is 8.25. The lowest BCUT2D eigenvalue weighted by atomic mass is 9.94. The van der Waals surface area contributed by atoms with Crippen molar-refractivity contribution in [2.45, 2.75) is 62.0 Å². The van der Waals surface area contributed by atoms with Crippen molar-refractivity contribution in [1.29, 1.82) is 0 Å². The molecular formula is C38H39BrFN3O6S. The predicted octanol–water partition coefficient (Wildman–Crippen LogP) is 6.64. The average Bonchev–Trinajstić information content (AvgIpc) is 3.13. The number of halogens is 2. The van der Waals surface area contributed by atoms with Crippen molar-refractivity contribution >= 4 is 43.5 Å². The van der Waals surface area contributed by atoms with Crippen LogP contribution in [0.1, 0.15) is 43.2 Å². The Balaban J connectivity index is 1.40. The molecule has 1 aliphatic carbocycles. The molecule has 0 saturated heterocycles. The third-order valence-corrected chi connectivity index (χ3v) is 11.2. The maximum Gasteiger partial charge on any atom is 0.264 e. The topological polar surface area (TPSA) is 105 Å². The molecule has 1 fully saturated rings. The quantitative estimate of drug-likeness (QED) is 0.174. The van der Waals surface area contributed by atoms with Crippen LogP contribution in [0.2, 0.25) is 0 Å². The number of ether oxygens (including phenoxy) is 2. The van der Waals surface area contributed by atoms with Crippen LogP contribution in [0.3, 0.4) is 0 Å². The molecule has 1 N–H and O–H groups in total. The summed E-state index contributed by atoms with van der Waals surface area (Å²) in [5.41, 5.74) is 1.69. The third kappa shape index (κ3) is 8.65. The summed E-state index contributed by atoms with van der Waals surface area (Å²) in [5, 5.41) is 3.21. The lowest BCUT2D eigenvalue weighted by molar-refractivity contribution is -0.140. The van der Waals surface area contributed by atoms with E-state index in [1.165, 1.54) is 35.2 Å². The number of rotatable bonds is 12. The molecule has 0 aromatic heterocycles.